The second-order valence-corrected chi connectivity index (χ2v) is 6.90. The molecule has 1 aromatic heterocycles. The molecular formula is C16H27ClN4O. The summed E-state index contributed by atoms with van der Waals surface area (Å²) in [4.78, 5) is 14.8. The highest BCUT2D eigenvalue weighted by molar-refractivity contribution is 5.95. The Morgan fingerprint density at radius 1 is 1.45 bits per heavy atom. The van der Waals surface area contributed by atoms with Gasteiger partial charge in [0.2, 0.25) is 0 Å². The van der Waals surface area contributed by atoms with Crippen molar-refractivity contribution in [2.45, 2.75) is 52.1 Å². The molecule has 3 rings (SSSR count). The van der Waals surface area contributed by atoms with Crippen molar-refractivity contribution in [3.8, 4) is 0 Å². The number of hydrogen-bond acceptors (Lipinski definition) is 3. The Hall–Kier alpha value is -1.07. The van der Waals surface area contributed by atoms with Gasteiger partial charge in [-0.25, -0.2) is 0 Å². The van der Waals surface area contributed by atoms with Crippen molar-refractivity contribution in [1.82, 2.24) is 20.0 Å². The summed E-state index contributed by atoms with van der Waals surface area (Å²) >= 11 is 0. The van der Waals surface area contributed by atoms with Gasteiger partial charge in [0.25, 0.3) is 5.91 Å². The number of nitrogens with zero attached hydrogens (tertiary/aromatic N) is 3. The van der Waals surface area contributed by atoms with E-state index in [0.29, 0.717) is 17.9 Å². The summed E-state index contributed by atoms with van der Waals surface area (Å²) in [6, 6.07) is 0.373. The molecular weight excluding hydrogens is 300 g/mol. The Labute approximate surface area is 138 Å². The number of halogens is 1. The second kappa shape index (κ2) is 7.01. The maximum absolute atomic E-state index is 12.8. The van der Waals surface area contributed by atoms with E-state index >= 15 is 0 Å². The first-order valence-corrected chi connectivity index (χ1v) is 8.14. The number of nitrogens with one attached hydrogen (secondary N) is 1. The molecule has 5 nitrogen and oxygen atoms in total. The summed E-state index contributed by atoms with van der Waals surface area (Å²) < 4.78 is 2.07. The van der Waals surface area contributed by atoms with Crippen LogP contribution in [0.2, 0.25) is 0 Å². The van der Waals surface area contributed by atoms with Crippen LogP contribution in [-0.4, -0.2) is 46.3 Å². The highest BCUT2D eigenvalue weighted by Crippen LogP contribution is 2.42. The summed E-state index contributed by atoms with van der Waals surface area (Å²) in [5.41, 5.74) is 2.02. The van der Waals surface area contributed by atoms with Gasteiger partial charge in [0.1, 0.15) is 0 Å². The quantitative estimate of drug-likeness (QED) is 0.923. The Morgan fingerprint density at radius 3 is 2.77 bits per heavy atom. The molecule has 2 heterocycles. The molecule has 1 aliphatic heterocycles. The lowest BCUT2D eigenvalue weighted by molar-refractivity contribution is 0.0707. The van der Waals surface area contributed by atoms with Gasteiger partial charge in [-0.1, -0.05) is 13.8 Å². The van der Waals surface area contributed by atoms with Gasteiger partial charge < -0.3 is 10.2 Å². The molecule has 1 aromatic rings. The van der Waals surface area contributed by atoms with Crippen molar-refractivity contribution in [3.63, 3.8) is 0 Å². The van der Waals surface area contributed by atoms with E-state index in [2.05, 4.69) is 35.9 Å². The number of aromatic nitrogens is 2. The molecule has 1 aliphatic carbocycles. The van der Waals surface area contributed by atoms with Crippen molar-refractivity contribution in [1.29, 1.82) is 0 Å². The first kappa shape index (κ1) is 17.3. The Morgan fingerprint density at radius 2 is 2.18 bits per heavy atom. The fourth-order valence-corrected chi connectivity index (χ4v) is 3.13. The molecule has 0 radical (unpaired) electrons. The molecule has 1 amide bonds. The Balaban J connectivity index is 0.00000176. The van der Waals surface area contributed by atoms with Crippen molar-refractivity contribution >= 4 is 18.3 Å². The van der Waals surface area contributed by atoms with Crippen LogP contribution < -0.4 is 5.32 Å². The van der Waals surface area contributed by atoms with Crippen molar-refractivity contribution in [2.24, 2.45) is 5.92 Å². The third-order valence-corrected chi connectivity index (χ3v) is 4.27. The molecule has 0 spiro atoms. The Kier molecular flexibility index (Phi) is 5.50. The summed E-state index contributed by atoms with van der Waals surface area (Å²) in [5, 5.41) is 7.89. The van der Waals surface area contributed by atoms with Gasteiger partial charge >= 0.3 is 0 Å². The molecule has 1 N–H and O–H groups in total. The van der Waals surface area contributed by atoms with Crippen LogP contribution in [0.15, 0.2) is 6.20 Å². The topological polar surface area (TPSA) is 50.2 Å². The normalized spacial score (nSPS) is 21.8. The standard InChI is InChI=1S/C16H26N4O.ClH/c1-11(2)9-20-15(13-4-5-13)14(8-18-20)16(21)19-7-6-17-12(3)10-19;/h8,11-13,17H,4-7,9-10H2,1-3H3;1H/t12-;/m1./s1. The number of carbonyl (C=O) groups excluding carboxylic acids is 1. The highest BCUT2D eigenvalue weighted by Gasteiger charge is 2.34. The van der Waals surface area contributed by atoms with Gasteiger partial charge in [-0.15, -0.1) is 12.4 Å². The van der Waals surface area contributed by atoms with Crippen molar-refractivity contribution < 1.29 is 4.79 Å². The van der Waals surface area contributed by atoms with Crippen LogP contribution in [0.25, 0.3) is 0 Å². The van der Waals surface area contributed by atoms with E-state index in [1.54, 1.807) is 6.20 Å². The van der Waals surface area contributed by atoms with Gasteiger partial charge in [-0.2, -0.15) is 5.10 Å². The largest absolute Gasteiger partial charge is 0.336 e. The van der Waals surface area contributed by atoms with Gasteiger partial charge in [0.15, 0.2) is 0 Å². The third-order valence-electron chi connectivity index (χ3n) is 4.27. The summed E-state index contributed by atoms with van der Waals surface area (Å²) in [7, 11) is 0. The predicted molar refractivity (Wildman–Crippen MR) is 89.7 cm³/mol. The third kappa shape index (κ3) is 3.63. The van der Waals surface area contributed by atoms with Crippen LogP contribution in [0, 0.1) is 5.92 Å². The second-order valence-electron chi connectivity index (χ2n) is 6.90. The van der Waals surface area contributed by atoms with E-state index in [1.165, 1.54) is 18.5 Å². The minimum absolute atomic E-state index is 0. The van der Waals surface area contributed by atoms with Crippen LogP contribution in [-0.2, 0) is 6.54 Å². The van der Waals surface area contributed by atoms with E-state index in [-0.39, 0.29) is 18.3 Å². The molecule has 2 aliphatic rings. The number of carbonyl (C=O) groups is 1. The van der Waals surface area contributed by atoms with Crippen LogP contribution >= 0.6 is 12.4 Å². The minimum Gasteiger partial charge on any atom is -0.336 e. The van der Waals surface area contributed by atoms with E-state index in [9.17, 15) is 4.79 Å². The van der Waals surface area contributed by atoms with E-state index in [1.807, 2.05) is 4.90 Å². The lowest BCUT2D eigenvalue weighted by Crippen LogP contribution is -2.51. The fraction of sp³-hybridized carbons (Fsp3) is 0.750. The van der Waals surface area contributed by atoms with Crippen LogP contribution in [0.4, 0.5) is 0 Å². The van der Waals surface area contributed by atoms with E-state index in [4.69, 9.17) is 0 Å². The average Bonchev–Trinajstić information content (AvgIpc) is 3.19. The highest BCUT2D eigenvalue weighted by atomic mass is 35.5. The average molecular weight is 327 g/mol. The molecule has 0 bridgehead atoms. The maximum Gasteiger partial charge on any atom is 0.257 e. The van der Waals surface area contributed by atoms with Crippen molar-refractivity contribution in [3.05, 3.63) is 17.5 Å². The maximum atomic E-state index is 12.8. The number of piperazine rings is 1. The zero-order valence-corrected chi connectivity index (χ0v) is 14.5. The van der Waals surface area contributed by atoms with E-state index < -0.39 is 0 Å². The minimum atomic E-state index is 0. The van der Waals surface area contributed by atoms with Gasteiger partial charge in [-0.05, 0) is 25.7 Å². The Bertz CT molecular complexity index is 524. The van der Waals surface area contributed by atoms with Crippen LogP contribution in [0.3, 0.4) is 0 Å². The fourth-order valence-electron chi connectivity index (χ4n) is 3.13. The number of rotatable bonds is 4. The summed E-state index contributed by atoms with van der Waals surface area (Å²) in [6.45, 7) is 9.88. The van der Waals surface area contributed by atoms with Crippen molar-refractivity contribution in [2.75, 3.05) is 19.6 Å². The first-order valence-electron chi connectivity index (χ1n) is 8.14. The number of hydrogen-bond donors (Lipinski definition) is 1. The molecule has 0 unspecified atom stereocenters. The molecule has 1 saturated carbocycles. The molecule has 6 heteroatoms. The van der Waals surface area contributed by atoms with Crippen LogP contribution in [0.5, 0.6) is 0 Å². The molecule has 0 aromatic carbocycles. The molecule has 1 atom stereocenters. The van der Waals surface area contributed by atoms with Gasteiger partial charge in [0, 0.05) is 38.1 Å². The zero-order chi connectivity index (χ0) is 15.0. The summed E-state index contributed by atoms with van der Waals surface area (Å²) in [6.07, 6.45) is 4.19. The smallest absolute Gasteiger partial charge is 0.257 e. The lowest BCUT2D eigenvalue weighted by atomic mass is 10.1. The predicted octanol–water partition coefficient (Wildman–Crippen LogP) is 2.27. The molecule has 2 fully saturated rings. The van der Waals surface area contributed by atoms with E-state index in [0.717, 1.165) is 31.7 Å². The molecule has 124 valence electrons. The molecule has 22 heavy (non-hydrogen) atoms. The van der Waals surface area contributed by atoms with Gasteiger partial charge in [-0.3, -0.25) is 9.48 Å². The summed E-state index contributed by atoms with van der Waals surface area (Å²) in [5.74, 6) is 1.26. The molecule has 1 saturated heterocycles. The lowest BCUT2D eigenvalue weighted by Gasteiger charge is -2.32. The number of amides is 1. The monoisotopic (exact) mass is 326 g/mol. The van der Waals surface area contributed by atoms with Gasteiger partial charge in [0.05, 0.1) is 17.5 Å². The SMILES string of the molecule is CC(C)Cn1ncc(C(=O)N2CCN[C@H](C)C2)c1C1CC1.Cl. The first-order chi connectivity index (χ1) is 10.1. The van der Waals surface area contributed by atoms with Crippen LogP contribution in [0.1, 0.15) is 55.6 Å². The zero-order valence-electron chi connectivity index (χ0n) is 13.7.